The maximum Gasteiger partial charge on any atom is 0.251 e. The molecule has 0 bridgehead atoms. The molecule has 0 aliphatic carbocycles. The van der Waals surface area contributed by atoms with Gasteiger partial charge in [0.05, 0.1) is 6.04 Å². The van der Waals surface area contributed by atoms with Crippen molar-refractivity contribution in [3.63, 3.8) is 0 Å². The minimum Gasteiger partial charge on any atom is -0.375 e. The third-order valence-electron chi connectivity index (χ3n) is 2.74. The lowest BCUT2D eigenvalue weighted by Crippen LogP contribution is -2.35. The number of aldehydes is 1. The van der Waals surface area contributed by atoms with Crippen molar-refractivity contribution in [2.45, 2.75) is 26.8 Å². The molecule has 0 heterocycles. The molecule has 1 unspecified atom stereocenters. The van der Waals surface area contributed by atoms with Crippen LogP contribution >= 0.6 is 0 Å². The zero-order valence-electron chi connectivity index (χ0n) is 11.3. The normalized spacial score (nSPS) is 12.7. The Kier molecular flexibility index (Phi) is 4.48. The molecule has 1 amide bonds. The number of nitrogens with one attached hydrogen (secondary N) is 2. The fourth-order valence-electron chi connectivity index (χ4n) is 1.53. The van der Waals surface area contributed by atoms with E-state index >= 15 is 0 Å². The van der Waals surface area contributed by atoms with E-state index in [0.717, 1.165) is 12.0 Å². The second-order valence-corrected chi connectivity index (χ2v) is 5.28. The van der Waals surface area contributed by atoms with Gasteiger partial charge in [0.1, 0.15) is 6.29 Å². The number of benzene rings is 1. The van der Waals surface area contributed by atoms with Gasteiger partial charge in [0.2, 0.25) is 0 Å². The lowest BCUT2D eigenvalue weighted by Gasteiger charge is -2.27. The molecule has 1 aromatic carbocycles. The molecular formula is C14H20N2O2. The maximum atomic E-state index is 11.5. The van der Waals surface area contributed by atoms with Crippen LogP contribution in [-0.4, -0.2) is 25.3 Å². The van der Waals surface area contributed by atoms with Crippen molar-refractivity contribution in [2.75, 3.05) is 12.4 Å². The van der Waals surface area contributed by atoms with Crippen molar-refractivity contribution < 1.29 is 9.59 Å². The molecule has 0 fully saturated rings. The van der Waals surface area contributed by atoms with E-state index in [-0.39, 0.29) is 17.4 Å². The maximum absolute atomic E-state index is 11.5. The number of anilines is 1. The van der Waals surface area contributed by atoms with Crippen LogP contribution in [0.4, 0.5) is 5.69 Å². The van der Waals surface area contributed by atoms with E-state index in [1.165, 1.54) is 0 Å². The third-order valence-corrected chi connectivity index (χ3v) is 2.74. The van der Waals surface area contributed by atoms with Crippen molar-refractivity contribution in [3.05, 3.63) is 29.8 Å². The Bertz CT molecular complexity index is 436. The van der Waals surface area contributed by atoms with Crippen molar-refractivity contribution in [3.8, 4) is 0 Å². The molecule has 2 N–H and O–H groups in total. The lowest BCUT2D eigenvalue weighted by atomic mass is 9.87. The van der Waals surface area contributed by atoms with Crippen LogP contribution in [0.5, 0.6) is 0 Å². The van der Waals surface area contributed by atoms with E-state index < -0.39 is 0 Å². The second kappa shape index (κ2) is 5.67. The van der Waals surface area contributed by atoms with Gasteiger partial charge in [0.25, 0.3) is 5.91 Å². The molecule has 0 saturated heterocycles. The first-order valence-electron chi connectivity index (χ1n) is 5.92. The zero-order chi connectivity index (χ0) is 13.8. The number of hydrogen-bond acceptors (Lipinski definition) is 3. The largest absolute Gasteiger partial charge is 0.375 e. The van der Waals surface area contributed by atoms with Gasteiger partial charge < -0.3 is 15.4 Å². The van der Waals surface area contributed by atoms with Gasteiger partial charge in [-0.1, -0.05) is 26.8 Å². The van der Waals surface area contributed by atoms with Crippen LogP contribution < -0.4 is 10.6 Å². The Balaban J connectivity index is 2.91. The van der Waals surface area contributed by atoms with E-state index in [4.69, 9.17) is 0 Å². The van der Waals surface area contributed by atoms with Gasteiger partial charge in [-0.3, -0.25) is 4.79 Å². The SMILES string of the molecule is CNC(=O)c1cccc(NC(C=O)C(C)(C)C)c1. The topological polar surface area (TPSA) is 58.2 Å². The first-order chi connectivity index (χ1) is 8.38. The molecule has 4 nitrogen and oxygen atoms in total. The van der Waals surface area contributed by atoms with Gasteiger partial charge in [0.15, 0.2) is 0 Å². The molecular weight excluding hydrogens is 228 g/mol. The number of carbonyl (C=O) groups excluding carboxylic acids is 2. The molecule has 0 aliphatic heterocycles. The van der Waals surface area contributed by atoms with Crippen LogP contribution in [0.2, 0.25) is 0 Å². The van der Waals surface area contributed by atoms with Gasteiger partial charge in [-0.25, -0.2) is 0 Å². The average Bonchev–Trinajstić information content (AvgIpc) is 2.33. The first-order valence-corrected chi connectivity index (χ1v) is 5.92. The molecule has 0 spiro atoms. The Morgan fingerprint density at radius 1 is 1.33 bits per heavy atom. The lowest BCUT2D eigenvalue weighted by molar-refractivity contribution is -0.110. The molecule has 0 radical (unpaired) electrons. The van der Waals surface area contributed by atoms with E-state index in [1.54, 1.807) is 25.2 Å². The molecule has 18 heavy (non-hydrogen) atoms. The highest BCUT2D eigenvalue weighted by molar-refractivity contribution is 5.94. The van der Waals surface area contributed by atoms with E-state index in [9.17, 15) is 9.59 Å². The summed E-state index contributed by atoms with van der Waals surface area (Å²) in [6.07, 6.45) is 0.895. The number of hydrogen-bond donors (Lipinski definition) is 2. The van der Waals surface area contributed by atoms with Crippen LogP contribution in [0, 0.1) is 5.41 Å². The predicted octanol–water partition coefficient (Wildman–Crippen LogP) is 2.07. The van der Waals surface area contributed by atoms with E-state index in [1.807, 2.05) is 26.8 Å². The highest BCUT2D eigenvalue weighted by atomic mass is 16.1. The van der Waals surface area contributed by atoms with Crippen LogP contribution in [0.25, 0.3) is 0 Å². The Labute approximate surface area is 108 Å². The van der Waals surface area contributed by atoms with Crippen LogP contribution in [-0.2, 0) is 4.79 Å². The van der Waals surface area contributed by atoms with Gasteiger partial charge in [-0.15, -0.1) is 0 Å². The van der Waals surface area contributed by atoms with Gasteiger partial charge >= 0.3 is 0 Å². The zero-order valence-corrected chi connectivity index (χ0v) is 11.3. The monoisotopic (exact) mass is 248 g/mol. The quantitative estimate of drug-likeness (QED) is 0.802. The molecule has 98 valence electrons. The highest BCUT2D eigenvalue weighted by Crippen LogP contribution is 2.22. The number of amides is 1. The minimum atomic E-state index is -0.294. The fraction of sp³-hybridized carbons (Fsp3) is 0.429. The summed E-state index contributed by atoms with van der Waals surface area (Å²) in [7, 11) is 1.59. The van der Waals surface area contributed by atoms with Crippen molar-refractivity contribution >= 4 is 17.9 Å². The summed E-state index contributed by atoms with van der Waals surface area (Å²) < 4.78 is 0. The van der Waals surface area contributed by atoms with Gasteiger partial charge in [0, 0.05) is 18.3 Å². The van der Waals surface area contributed by atoms with Crippen LogP contribution in [0.3, 0.4) is 0 Å². The van der Waals surface area contributed by atoms with Crippen molar-refractivity contribution in [1.29, 1.82) is 0 Å². The highest BCUT2D eigenvalue weighted by Gasteiger charge is 2.23. The summed E-state index contributed by atoms with van der Waals surface area (Å²) in [5.41, 5.74) is 1.16. The summed E-state index contributed by atoms with van der Waals surface area (Å²) >= 11 is 0. The Morgan fingerprint density at radius 2 is 2.00 bits per heavy atom. The molecule has 1 atom stereocenters. The third kappa shape index (κ3) is 3.58. The number of rotatable bonds is 4. The Morgan fingerprint density at radius 3 is 2.50 bits per heavy atom. The molecule has 1 aromatic rings. The summed E-state index contributed by atoms with van der Waals surface area (Å²) in [6, 6.07) is 6.81. The van der Waals surface area contributed by atoms with Crippen molar-refractivity contribution in [2.24, 2.45) is 5.41 Å². The van der Waals surface area contributed by atoms with Crippen molar-refractivity contribution in [1.82, 2.24) is 5.32 Å². The standard InChI is InChI=1S/C14H20N2O2/c1-14(2,3)12(9-17)16-11-7-5-6-10(8-11)13(18)15-4/h5-9,12,16H,1-4H3,(H,15,18). The smallest absolute Gasteiger partial charge is 0.251 e. The fourth-order valence-corrected chi connectivity index (χ4v) is 1.53. The second-order valence-electron chi connectivity index (χ2n) is 5.28. The summed E-state index contributed by atoms with van der Waals surface area (Å²) in [5, 5.41) is 5.71. The summed E-state index contributed by atoms with van der Waals surface area (Å²) in [4.78, 5) is 22.6. The Hall–Kier alpha value is -1.84. The van der Waals surface area contributed by atoms with E-state index in [0.29, 0.717) is 5.56 Å². The number of carbonyl (C=O) groups is 2. The average molecular weight is 248 g/mol. The molecule has 0 aliphatic rings. The molecule has 0 aromatic heterocycles. The van der Waals surface area contributed by atoms with E-state index in [2.05, 4.69) is 10.6 Å². The predicted molar refractivity (Wildman–Crippen MR) is 72.8 cm³/mol. The van der Waals surface area contributed by atoms with Gasteiger partial charge in [-0.2, -0.15) is 0 Å². The van der Waals surface area contributed by atoms with Crippen LogP contribution in [0.1, 0.15) is 31.1 Å². The van der Waals surface area contributed by atoms with Gasteiger partial charge in [-0.05, 0) is 23.6 Å². The molecule has 4 heteroatoms. The van der Waals surface area contributed by atoms with Crippen LogP contribution in [0.15, 0.2) is 24.3 Å². The summed E-state index contributed by atoms with van der Waals surface area (Å²) in [6.45, 7) is 5.96. The first kappa shape index (κ1) is 14.2. The summed E-state index contributed by atoms with van der Waals surface area (Å²) in [5.74, 6) is -0.142. The molecule has 0 saturated carbocycles. The minimum absolute atomic E-state index is 0.142. The molecule has 1 rings (SSSR count).